The third kappa shape index (κ3) is 5.98. The van der Waals surface area contributed by atoms with Crippen molar-refractivity contribution in [1.29, 1.82) is 0 Å². The Bertz CT molecular complexity index is 1110. The second-order valence-corrected chi connectivity index (χ2v) is 7.99. The number of rotatable bonds is 7. The van der Waals surface area contributed by atoms with Crippen molar-refractivity contribution >= 4 is 28.9 Å². The molecule has 1 aliphatic heterocycles. The van der Waals surface area contributed by atoms with Crippen LogP contribution >= 0.6 is 0 Å². The maximum absolute atomic E-state index is 12.5. The summed E-state index contributed by atoms with van der Waals surface area (Å²) in [4.78, 5) is 23.7. The molecule has 1 aliphatic rings. The molecule has 1 fully saturated rings. The minimum atomic E-state index is -0.0677. The molecule has 0 spiro atoms. The predicted molar refractivity (Wildman–Crippen MR) is 130 cm³/mol. The van der Waals surface area contributed by atoms with Gasteiger partial charge in [0, 0.05) is 30.5 Å². The van der Waals surface area contributed by atoms with Gasteiger partial charge in [-0.3, -0.25) is 4.79 Å². The number of benzene rings is 2. The number of nitrogens with zero attached hydrogens (tertiary/aromatic N) is 3. The van der Waals surface area contributed by atoms with Gasteiger partial charge in [0.25, 0.3) is 0 Å². The third-order valence-corrected chi connectivity index (χ3v) is 5.42. The summed E-state index contributed by atoms with van der Waals surface area (Å²) in [5.74, 6) is 3.08. The Morgan fingerprint density at radius 2 is 1.76 bits per heavy atom. The van der Waals surface area contributed by atoms with Gasteiger partial charge in [0.15, 0.2) is 0 Å². The van der Waals surface area contributed by atoms with Crippen LogP contribution in [-0.4, -0.2) is 49.3 Å². The molecule has 0 unspecified atom stereocenters. The molecule has 2 aromatic carbocycles. The van der Waals surface area contributed by atoms with E-state index in [2.05, 4.69) is 25.5 Å². The molecule has 8 nitrogen and oxygen atoms in total. The number of carbonyl (C=O) groups is 1. The molecular weight excluding hydrogens is 418 g/mol. The Hall–Kier alpha value is -3.65. The first kappa shape index (κ1) is 22.5. The highest BCUT2D eigenvalue weighted by molar-refractivity contribution is 5.92. The van der Waals surface area contributed by atoms with Gasteiger partial charge < -0.3 is 25.0 Å². The number of aryl methyl sites for hydroxylation is 2. The largest absolute Gasteiger partial charge is 0.496 e. The van der Waals surface area contributed by atoms with Crippen LogP contribution in [0.4, 0.5) is 23.0 Å². The second-order valence-electron chi connectivity index (χ2n) is 7.99. The van der Waals surface area contributed by atoms with Gasteiger partial charge in [-0.15, -0.1) is 0 Å². The zero-order valence-corrected chi connectivity index (χ0v) is 19.2. The van der Waals surface area contributed by atoms with Crippen molar-refractivity contribution in [3.05, 3.63) is 65.5 Å². The quantitative estimate of drug-likeness (QED) is 0.568. The van der Waals surface area contributed by atoms with Crippen molar-refractivity contribution in [2.24, 2.45) is 0 Å². The first-order valence-electron chi connectivity index (χ1n) is 11.0. The monoisotopic (exact) mass is 447 g/mol. The maximum atomic E-state index is 12.5. The topological polar surface area (TPSA) is 88.6 Å². The summed E-state index contributed by atoms with van der Waals surface area (Å²) in [5, 5.41) is 6.28. The van der Waals surface area contributed by atoms with Crippen LogP contribution in [0, 0.1) is 13.8 Å². The first-order chi connectivity index (χ1) is 16.0. The van der Waals surface area contributed by atoms with Gasteiger partial charge >= 0.3 is 0 Å². The number of hydrogen-bond acceptors (Lipinski definition) is 7. The molecule has 0 saturated carbocycles. The first-order valence-corrected chi connectivity index (χ1v) is 11.0. The maximum Gasteiger partial charge on any atom is 0.228 e. The van der Waals surface area contributed by atoms with Crippen LogP contribution in [0.15, 0.2) is 48.5 Å². The summed E-state index contributed by atoms with van der Waals surface area (Å²) in [6.45, 7) is 6.90. The van der Waals surface area contributed by atoms with Crippen LogP contribution in [0.25, 0.3) is 0 Å². The molecule has 0 aliphatic carbocycles. The molecule has 8 heteroatoms. The van der Waals surface area contributed by atoms with E-state index >= 15 is 0 Å². The van der Waals surface area contributed by atoms with Crippen LogP contribution in [-0.2, 0) is 16.0 Å². The second kappa shape index (κ2) is 10.3. The van der Waals surface area contributed by atoms with Gasteiger partial charge in [0.2, 0.25) is 5.91 Å². The molecule has 0 radical (unpaired) electrons. The van der Waals surface area contributed by atoms with E-state index < -0.39 is 0 Å². The molecule has 3 aromatic rings. The zero-order chi connectivity index (χ0) is 23.2. The van der Waals surface area contributed by atoms with E-state index in [1.165, 1.54) is 0 Å². The number of anilines is 4. The molecule has 1 aromatic heterocycles. The normalized spacial score (nSPS) is 13.5. The smallest absolute Gasteiger partial charge is 0.228 e. The number of morpholine rings is 1. The van der Waals surface area contributed by atoms with Crippen molar-refractivity contribution < 1.29 is 14.3 Å². The van der Waals surface area contributed by atoms with E-state index in [0.717, 1.165) is 53.0 Å². The van der Waals surface area contributed by atoms with Crippen molar-refractivity contribution in [2.75, 3.05) is 48.9 Å². The minimum absolute atomic E-state index is 0.0677. The molecule has 1 amide bonds. The summed E-state index contributed by atoms with van der Waals surface area (Å²) in [7, 11) is 1.64. The highest BCUT2D eigenvalue weighted by Crippen LogP contribution is 2.23. The third-order valence-electron chi connectivity index (χ3n) is 5.42. The molecule has 0 bridgehead atoms. The molecule has 2 N–H and O–H groups in total. The van der Waals surface area contributed by atoms with Crippen LogP contribution < -0.4 is 20.3 Å². The molecule has 1 saturated heterocycles. The number of aromatic nitrogens is 2. The highest BCUT2D eigenvalue weighted by Gasteiger charge is 2.14. The SMILES string of the molecule is COc1ccc(CC(=O)Nc2ccc(Nc3cc(N4CCOCC4)nc(C)n3)cc2)cc1C. The fraction of sp³-hybridized carbons (Fsp3) is 0.320. The van der Waals surface area contributed by atoms with Crippen molar-refractivity contribution in [3.63, 3.8) is 0 Å². The number of hydrogen-bond donors (Lipinski definition) is 2. The molecule has 4 rings (SSSR count). The zero-order valence-electron chi connectivity index (χ0n) is 19.2. The highest BCUT2D eigenvalue weighted by atomic mass is 16.5. The van der Waals surface area contributed by atoms with Gasteiger partial charge in [-0.25, -0.2) is 9.97 Å². The Balaban J connectivity index is 1.37. The van der Waals surface area contributed by atoms with Gasteiger partial charge in [-0.2, -0.15) is 0 Å². The Labute approximate surface area is 194 Å². The lowest BCUT2D eigenvalue weighted by atomic mass is 10.1. The van der Waals surface area contributed by atoms with E-state index in [4.69, 9.17) is 9.47 Å². The van der Waals surface area contributed by atoms with E-state index in [-0.39, 0.29) is 5.91 Å². The lowest BCUT2D eigenvalue weighted by Crippen LogP contribution is -2.36. The van der Waals surface area contributed by atoms with Crippen molar-refractivity contribution in [1.82, 2.24) is 9.97 Å². The number of nitrogens with one attached hydrogen (secondary N) is 2. The molecule has 33 heavy (non-hydrogen) atoms. The van der Waals surface area contributed by atoms with Crippen LogP contribution in [0.3, 0.4) is 0 Å². The van der Waals surface area contributed by atoms with Gasteiger partial charge in [-0.1, -0.05) is 12.1 Å². The summed E-state index contributed by atoms with van der Waals surface area (Å²) in [6.07, 6.45) is 0.301. The van der Waals surface area contributed by atoms with Gasteiger partial charge in [0.1, 0.15) is 23.2 Å². The number of methoxy groups -OCH3 is 1. The van der Waals surface area contributed by atoms with Crippen LogP contribution in [0.2, 0.25) is 0 Å². The summed E-state index contributed by atoms with van der Waals surface area (Å²) in [5.41, 5.74) is 3.57. The summed E-state index contributed by atoms with van der Waals surface area (Å²) < 4.78 is 10.7. The van der Waals surface area contributed by atoms with E-state index in [1.54, 1.807) is 7.11 Å². The molecular formula is C25H29N5O3. The standard InChI is InChI=1S/C25H29N5O3/c1-17-14-19(4-9-22(17)32-3)15-25(31)29-21-7-5-20(6-8-21)28-23-16-24(27-18(2)26-23)30-10-12-33-13-11-30/h4-9,14,16H,10-13,15H2,1-3H3,(H,29,31)(H,26,27,28). The number of ether oxygens (including phenoxy) is 2. The molecule has 0 atom stereocenters. The number of carbonyl (C=O) groups excluding carboxylic acids is 1. The van der Waals surface area contributed by atoms with E-state index in [9.17, 15) is 4.79 Å². The average molecular weight is 448 g/mol. The lowest BCUT2D eigenvalue weighted by molar-refractivity contribution is -0.115. The number of amides is 1. The lowest BCUT2D eigenvalue weighted by Gasteiger charge is -2.28. The van der Waals surface area contributed by atoms with Gasteiger partial charge in [-0.05, 0) is 55.3 Å². The van der Waals surface area contributed by atoms with E-state index in [0.29, 0.717) is 25.5 Å². The molecule has 2 heterocycles. The fourth-order valence-electron chi connectivity index (χ4n) is 3.80. The van der Waals surface area contributed by atoms with Crippen LogP contribution in [0.1, 0.15) is 17.0 Å². The fourth-order valence-corrected chi connectivity index (χ4v) is 3.80. The Kier molecular flexibility index (Phi) is 7.04. The van der Waals surface area contributed by atoms with Gasteiger partial charge in [0.05, 0.1) is 26.7 Å². The minimum Gasteiger partial charge on any atom is -0.496 e. The summed E-state index contributed by atoms with van der Waals surface area (Å²) >= 11 is 0. The van der Waals surface area contributed by atoms with Crippen molar-refractivity contribution in [2.45, 2.75) is 20.3 Å². The molecule has 172 valence electrons. The van der Waals surface area contributed by atoms with Crippen LogP contribution in [0.5, 0.6) is 5.75 Å². The van der Waals surface area contributed by atoms with E-state index in [1.807, 2.05) is 62.4 Å². The predicted octanol–water partition coefficient (Wildman–Crippen LogP) is 3.86. The average Bonchev–Trinajstić information content (AvgIpc) is 2.81. The summed E-state index contributed by atoms with van der Waals surface area (Å²) in [6, 6.07) is 15.3. The Morgan fingerprint density at radius 1 is 1.03 bits per heavy atom. The Morgan fingerprint density at radius 3 is 2.45 bits per heavy atom. The van der Waals surface area contributed by atoms with Crippen molar-refractivity contribution in [3.8, 4) is 5.75 Å².